The molecule has 0 aliphatic heterocycles. The van der Waals surface area contributed by atoms with E-state index in [2.05, 4.69) is 20.5 Å². The van der Waals surface area contributed by atoms with Crippen LogP contribution < -0.4 is 10.2 Å². The number of rotatable bonds is 4. The smallest absolute Gasteiger partial charge is 0.255 e. The Morgan fingerprint density at radius 1 is 1.47 bits per heavy atom. The number of nitrogens with zero attached hydrogens (tertiary/aromatic N) is 3. The van der Waals surface area contributed by atoms with Crippen LogP contribution in [0.2, 0.25) is 0 Å². The normalized spacial score (nSPS) is 10.3. The Kier molecular flexibility index (Phi) is 3.79. The Bertz CT molecular complexity index is 576. The van der Waals surface area contributed by atoms with Crippen molar-refractivity contribution < 1.29 is 4.79 Å². The average Bonchev–Trinajstić information content (AvgIpc) is 2.81. The van der Waals surface area contributed by atoms with Gasteiger partial charge in [0.05, 0.1) is 11.8 Å². The van der Waals surface area contributed by atoms with Crippen molar-refractivity contribution in [3.8, 4) is 0 Å². The second-order valence-electron chi connectivity index (χ2n) is 4.47. The van der Waals surface area contributed by atoms with E-state index in [0.717, 1.165) is 11.3 Å². The van der Waals surface area contributed by atoms with Gasteiger partial charge in [-0.1, -0.05) is 0 Å². The number of anilines is 1. The Balaban J connectivity index is 2.10. The van der Waals surface area contributed by atoms with Gasteiger partial charge < -0.3 is 10.2 Å². The van der Waals surface area contributed by atoms with Gasteiger partial charge in [-0.25, -0.2) is 4.98 Å². The molecule has 0 spiro atoms. The number of aryl methyl sites for hydroxylation is 1. The maximum absolute atomic E-state index is 12.2. The zero-order valence-corrected chi connectivity index (χ0v) is 11.3. The number of H-pyrrole nitrogens is 1. The maximum Gasteiger partial charge on any atom is 0.255 e. The van der Waals surface area contributed by atoms with Crippen molar-refractivity contribution >= 4 is 11.7 Å². The highest BCUT2D eigenvalue weighted by molar-refractivity contribution is 5.98. The predicted octanol–water partition coefficient (Wildman–Crippen LogP) is 1.11. The van der Waals surface area contributed by atoms with E-state index in [0.29, 0.717) is 17.9 Å². The molecular weight excluding hydrogens is 242 g/mol. The summed E-state index contributed by atoms with van der Waals surface area (Å²) < 4.78 is 0. The molecule has 2 aromatic heterocycles. The van der Waals surface area contributed by atoms with Crippen LogP contribution in [0.4, 0.5) is 5.82 Å². The van der Waals surface area contributed by atoms with Crippen LogP contribution in [0.1, 0.15) is 21.6 Å². The predicted molar refractivity (Wildman–Crippen MR) is 73.1 cm³/mol. The number of hydrogen-bond donors (Lipinski definition) is 2. The van der Waals surface area contributed by atoms with Crippen LogP contribution in [0.25, 0.3) is 0 Å². The molecule has 0 fully saturated rings. The zero-order chi connectivity index (χ0) is 13.8. The summed E-state index contributed by atoms with van der Waals surface area (Å²) in [5.41, 5.74) is 2.50. The van der Waals surface area contributed by atoms with Gasteiger partial charge in [0.2, 0.25) is 0 Å². The first-order chi connectivity index (χ1) is 9.09. The number of nitrogens with one attached hydrogen (secondary N) is 2. The molecule has 0 aromatic carbocycles. The van der Waals surface area contributed by atoms with Crippen LogP contribution >= 0.6 is 0 Å². The van der Waals surface area contributed by atoms with Gasteiger partial charge in [0.1, 0.15) is 5.82 Å². The fraction of sp³-hybridized carbons (Fsp3) is 0.308. The molecule has 19 heavy (non-hydrogen) atoms. The lowest BCUT2D eigenvalue weighted by Gasteiger charge is -2.15. The highest BCUT2D eigenvalue weighted by Crippen LogP contribution is 2.14. The number of pyridine rings is 1. The highest BCUT2D eigenvalue weighted by Gasteiger charge is 2.13. The largest absolute Gasteiger partial charge is 0.362 e. The van der Waals surface area contributed by atoms with E-state index in [4.69, 9.17) is 0 Å². The highest BCUT2D eigenvalue weighted by atomic mass is 16.1. The first-order valence-corrected chi connectivity index (χ1v) is 5.99. The van der Waals surface area contributed by atoms with E-state index in [9.17, 15) is 4.79 Å². The Labute approximate surface area is 111 Å². The molecule has 2 heterocycles. The molecule has 1 amide bonds. The van der Waals surface area contributed by atoms with Gasteiger partial charge in [-0.3, -0.25) is 9.89 Å². The van der Waals surface area contributed by atoms with Gasteiger partial charge in [-0.2, -0.15) is 5.10 Å². The molecule has 0 aliphatic rings. The van der Waals surface area contributed by atoms with E-state index >= 15 is 0 Å². The van der Waals surface area contributed by atoms with Gasteiger partial charge in [0, 0.05) is 38.1 Å². The maximum atomic E-state index is 12.2. The van der Waals surface area contributed by atoms with E-state index in [1.807, 2.05) is 25.9 Å². The summed E-state index contributed by atoms with van der Waals surface area (Å²) in [6, 6.07) is 3.52. The molecule has 0 aliphatic carbocycles. The summed E-state index contributed by atoms with van der Waals surface area (Å²) in [6.07, 6.45) is 3.39. The third-order valence-corrected chi connectivity index (χ3v) is 2.83. The molecule has 6 nitrogen and oxygen atoms in total. The van der Waals surface area contributed by atoms with Crippen LogP contribution in [-0.2, 0) is 6.54 Å². The van der Waals surface area contributed by atoms with Gasteiger partial charge in [0.25, 0.3) is 5.91 Å². The van der Waals surface area contributed by atoms with Crippen LogP contribution in [0, 0.1) is 6.92 Å². The first-order valence-electron chi connectivity index (χ1n) is 5.99. The van der Waals surface area contributed by atoms with Crippen molar-refractivity contribution in [1.29, 1.82) is 0 Å². The Hall–Kier alpha value is -2.37. The summed E-state index contributed by atoms with van der Waals surface area (Å²) in [5.74, 6) is 0.515. The van der Waals surface area contributed by atoms with Crippen molar-refractivity contribution in [1.82, 2.24) is 20.5 Å². The summed E-state index contributed by atoms with van der Waals surface area (Å²) in [6.45, 7) is 2.37. The summed E-state index contributed by atoms with van der Waals surface area (Å²) in [7, 11) is 3.72. The molecule has 6 heteroatoms. The number of aromatic nitrogens is 3. The summed E-state index contributed by atoms with van der Waals surface area (Å²) in [5, 5.41) is 9.63. The molecule has 0 unspecified atom stereocenters. The minimum absolute atomic E-state index is 0.141. The lowest BCUT2D eigenvalue weighted by atomic mass is 10.2. The average molecular weight is 259 g/mol. The monoisotopic (exact) mass is 259 g/mol. The molecule has 0 saturated carbocycles. The second kappa shape index (κ2) is 5.51. The van der Waals surface area contributed by atoms with Gasteiger partial charge in [-0.15, -0.1) is 0 Å². The molecule has 2 aromatic rings. The third-order valence-electron chi connectivity index (χ3n) is 2.83. The van der Waals surface area contributed by atoms with Gasteiger partial charge in [0.15, 0.2) is 0 Å². The number of amides is 1. The van der Waals surface area contributed by atoms with Crippen molar-refractivity contribution in [3.63, 3.8) is 0 Å². The molecule has 0 saturated heterocycles. The number of carbonyl (C=O) groups excluding carboxylic acids is 1. The topological polar surface area (TPSA) is 73.9 Å². The van der Waals surface area contributed by atoms with E-state index < -0.39 is 0 Å². The Morgan fingerprint density at radius 2 is 2.26 bits per heavy atom. The van der Waals surface area contributed by atoms with Crippen molar-refractivity contribution in [3.05, 3.63) is 41.3 Å². The van der Waals surface area contributed by atoms with E-state index in [-0.39, 0.29) is 5.91 Å². The Morgan fingerprint density at radius 3 is 2.89 bits per heavy atom. The molecular formula is C13H17N5O. The summed E-state index contributed by atoms with van der Waals surface area (Å²) >= 11 is 0. The molecule has 2 rings (SSSR count). The van der Waals surface area contributed by atoms with Crippen molar-refractivity contribution in [2.24, 2.45) is 0 Å². The fourth-order valence-corrected chi connectivity index (χ4v) is 1.76. The first kappa shape index (κ1) is 13.1. The van der Waals surface area contributed by atoms with Gasteiger partial charge >= 0.3 is 0 Å². The standard InChI is InChI=1S/C13H17N5O/c1-9-10(8-16-17-9)7-15-13(19)11-5-4-6-14-12(11)18(2)3/h4-6,8H,7H2,1-3H3,(H,15,19)(H,16,17). The van der Waals surface area contributed by atoms with Crippen LogP contribution in [0.15, 0.2) is 24.5 Å². The van der Waals surface area contributed by atoms with Crippen LogP contribution in [0.5, 0.6) is 0 Å². The number of carbonyl (C=O) groups is 1. The minimum Gasteiger partial charge on any atom is -0.362 e. The zero-order valence-electron chi connectivity index (χ0n) is 11.3. The van der Waals surface area contributed by atoms with E-state index in [1.165, 1.54) is 0 Å². The van der Waals surface area contributed by atoms with Crippen LogP contribution in [0.3, 0.4) is 0 Å². The van der Waals surface area contributed by atoms with Gasteiger partial charge in [-0.05, 0) is 19.1 Å². The number of aromatic amines is 1. The SMILES string of the molecule is Cc1[nH]ncc1CNC(=O)c1cccnc1N(C)C. The van der Waals surface area contributed by atoms with Crippen molar-refractivity contribution in [2.75, 3.05) is 19.0 Å². The lowest BCUT2D eigenvalue weighted by Crippen LogP contribution is -2.26. The molecule has 0 bridgehead atoms. The number of hydrogen-bond acceptors (Lipinski definition) is 4. The van der Waals surface area contributed by atoms with Crippen molar-refractivity contribution in [2.45, 2.75) is 13.5 Å². The summed E-state index contributed by atoms with van der Waals surface area (Å²) in [4.78, 5) is 18.2. The molecule has 2 N–H and O–H groups in total. The lowest BCUT2D eigenvalue weighted by molar-refractivity contribution is 0.0951. The van der Waals surface area contributed by atoms with E-state index in [1.54, 1.807) is 24.5 Å². The quantitative estimate of drug-likeness (QED) is 0.862. The third kappa shape index (κ3) is 2.90. The second-order valence-corrected chi connectivity index (χ2v) is 4.47. The molecule has 0 atom stereocenters. The molecule has 0 radical (unpaired) electrons. The van der Waals surface area contributed by atoms with Crippen LogP contribution in [-0.4, -0.2) is 35.2 Å². The molecule has 100 valence electrons. The minimum atomic E-state index is -0.141. The fourth-order valence-electron chi connectivity index (χ4n) is 1.76.